The predicted octanol–water partition coefficient (Wildman–Crippen LogP) is 3.32. The average molecular weight is 398 g/mol. The molecule has 2 amide bonds. The van der Waals surface area contributed by atoms with Crippen molar-refractivity contribution in [2.45, 2.75) is 25.9 Å². The van der Waals surface area contributed by atoms with Crippen LogP contribution in [0.15, 0.2) is 78.9 Å². The zero-order valence-corrected chi connectivity index (χ0v) is 17.0. The van der Waals surface area contributed by atoms with Crippen LogP contribution in [-0.2, 0) is 4.79 Å². The van der Waals surface area contributed by atoms with E-state index in [-0.39, 0.29) is 17.9 Å². The Hall–Kier alpha value is -3.73. The SMILES string of the molecule is Cc1ccc(C(=O)N[C@H]2C(=O)N/[N+](=C\c3ccccc3C)[C@@H]2c2ccccc2)cc1. The molecule has 1 heterocycles. The van der Waals surface area contributed by atoms with E-state index in [1.807, 2.05) is 86.8 Å². The van der Waals surface area contributed by atoms with Crippen LogP contribution in [0.5, 0.6) is 0 Å². The Morgan fingerprint density at radius 2 is 1.60 bits per heavy atom. The number of aryl methyl sites for hydroxylation is 2. The van der Waals surface area contributed by atoms with E-state index in [1.165, 1.54) is 0 Å². The van der Waals surface area contributed by atoms with Crippen LogP contribution in [0.25, 0.3) is 0 Å². The molecule has 0 bridgehead atoms. The van der Waals surface area contributed by atoms with E-state index < -0.39 is 6.04 Å². The van der Waals surface area contributed by atoms with Crippen LogP contribution in [-0.4, -0.2) is 28.8 Å². The van der Waals surface area contributed by atoms with Crippen molar-refractivity contribution in [2.24, 2.45) is 0 Å². The second-order valence-corrected chi connectivity index (χ2v) is 7.54. The van der Waals surface area contributed by atoms with Crippen molar-refractivity contribution >= 4 is 18.0 Å². The van der Waals surface area contributed by atoms with Gasteiger partial charge in [-0.1, -0.05) is 66.2 Å². The molecule has 0 aromatic heterocycles. The van der Waals surface area contributed by atoms with E-state index >= 15 is 0 Å². The van der Waals surface area contributed by atoms with Gasteiger partial charge in [0, 0.05) is 16.7 Å². The summed E-state index contributed by atoms with van der Waals surface area (Å²) in [5.41, 5.74) is 7.57. The Labute approximate surface area is 176 Å². The summed E-state index contributed by atoms with van der Waals surface area (Å²) in [4.78, 5) is 25.7. The van der Waals surface area contributed by atoms with Gasteiger partial charge in [-0.05, 0) is 37.6 Å². The van der Waals surface area contributed by atoms with Crippen molar-refractivity contribution in [3.05, 3.63) is 107 Å². The average Bonchev–Trinajstić information content (AvgIpc) is 3.05. The molecule has 3 aromatic rings. The maximum atomic E-state index is 12.9. The number of amides is 2. The summed E-state index contributed by atoms with van der Waals surface area (Å²) < 4.78 is 1.79. The van der Waals surface area contributed by atoms with Crippen LogP contribution in [0.1, 0.15) is 38.7 Å². The lowest BCUT2D eigenvalue weighted by molar-refractivity contribution is -0.596. The lowest BCUT2D eigenvalue weighted by atomic mass is 9.99. The fourth-order valence-electron chi connectivity index (χ4n) is 3.64. The number of nitrogens with zero attached hydrogens (tertiary/aromatic N) is 1. The highest BCUT2D eigenvalue weighted by Crippen LogP contribution is 2.25. The molecule has 2 N–H and O–H groups in total. The Balaban J connectivity index is 1.70. The Morgan fingerprint density at radius 3 is 2.30 bits per heavy atom. The maximum absolute atomic E-state index is 12.9. The highest BCUT2D eigenvalue weighted by Gasteiger charge is 2.47. The number of carbonyl (C=O) groups excluding carboxylic acids is 2. The Morgan fingerprint density at radius 1 is 0.933 bits per heavy atom. The predicted molar refractivity (Wildman–Crippen MR) is 116 cm³/mol. The first-order valence-electron chi connectivity index (χ1n) is 9.95. The number of hydrogen-bond donors (Lipinski definition) is 2. The molecule has 1 aliphatic rings. The van der Waals surface area contributed by atoms with Crippen LogP contribution in [0.2, 0.25) is 0 Å². The van der Waals surface area contributed by atoms with Gasteiger partial charge < -0.3 is 5.32 Å². The standard InChI is InChI=1S/C25H23N3O2/c1-17-12-14-20(15-13-17)24(29)26-22-23(19-9-4-3-5-10-19)28(27-25(22)30)16-21-11-7-6-8-18(21)2/h3-16,22-23H,1-2H3,(H-,26,27,29,30)/p+1/b28-16-/t22-,23-/m1/s1. The van der Waals surface area contributed by atoms with Crippen LogP contribution in [0.4, 0.5) is 0 Å². The second kappa shape index (κ2) is 8.33. The normalized spacial score (nSPS) is 19.5. The van der Waals surface area contributed by atoms with Gasteiger partial charge in [0.25, 0.3) is 5.91 Å². The van der Waals surface area contributed by atoms with Gasteiger partial charge in [0.05, 0.1) is 0 Å². The van der Waals surface area contributed by atoms with Gasteiger partial charge in [-0.2, -0.15) is 0 Å². The fraction of sp³-hybridized carbons (Fsp3) is 0.160. The molecular weight excluding hydrogens is 374 g/mol. The number of nitrogens with one attached hydrogen (secondary N) is 2. The molecule has 0 aliphatic carbocycles. The molecule has 0 saturated carbocycles. The number of hydrazone groups is 1. The summed E-state index contributed by atoms with van der Waals surface area (Å²) in [6.45, 7) is 3.99. The van der Waals surface area contributed by atoms with Crippen molar-refractivity contribution in [3.8, 4) is 0 Å². The molecule has 1 aliphatic heterocycles. The van der Waals surface area contributed by atoms with Crippen molar-refractivity contribution in [1.82, 2.24) is 10.7 Å². The molecule has 0 radical (unpaired) electrons. The van der Waals surface area contributed by atoms with Crippen molar-refractivity contribution < 1.29 is 14.3 Å². The number of hydrogen-bond acceptors (Lipinski definition) is 2. The molecule has 1 fully saturated rings. The van der Waals surface area contributed by atoms with Crippen LogP contribution in [0, 0.1) is 13.8 Å². The van der Waals surface area contributed by atoms with E-state index in [9.17, 15) is 9.59 Å². The first-order chi connectivity index (χ1) is 14.5. The summed E-state index contributed by atoms with van der Waals surface area (Å²) >= 11 is 0. The Bertz CT molecular complexity index is 1100. The first kappa shape index (κ1) is 19.6. The largest absolute Gasteiger partial charge is 0.334 e. The van der Waals surface area contributed by atoms with Gasteiger partial charge in [0.15, 0.2) is 6.04 Å². The first-order valence-corrected chi connectivity index (χ1v) is 9.95. The summed E-state index contributed by atoms with van der Waals surface area (Å²) in [5, 5.41) is 2.93. The summed E-state index contributed by atoms with van der Waals surface area (Å²) in [5.74, 6) is -0.511. The zero-order valence-electron chi connectivity index (χ0n) is 17.0. The molecular formula is C25H24N3O2+. The maximum Gasteiger partial charge on any atom is 0.304 e. The molecule has 4 rings (SSSR count). The van der Waals surface area contributed by atoms with Gasteiger partial charge >= 0.3 is 5.91 Å². The van der Waals surface area contributed by atoms with Crippen LogP contribution < -0.4 is 10.7 Å². The van der Waals surface area contributed by atoms with E-state index in [2.05, 4.69) is 10.7 Å². The molecule has 2 atom stereocenters. The van der Waals surface area contributed by atoms with Crippen molar-refractivity contribution in [3.63, 3.8) is 0 Å². The van der Waals surface area contributed by atoms with Gasteiger partial charge in [-0.3, -0.25) is 9.59 Å². The van der Waals surface area contributed by atoms with E-state index in [1.54, 1.807) is 16.8 Å². The molecule has 3 aromatic carbocycles. The van der Waals surface area contributed by atoms with Crippen LogP contribution >= 0.6 is 0 Å². The van der Waals surface area contributed by atoms with Gasteiger partial charge in [0.1, 0.15) is 0 Å². The van der Waals surface area contributed by atoms with Crippen molar-refractivity contribution in [1.29, 1.82) is 0 Å². The highest BCUT2D eigenvalue weighted by atomic mass is 16.2. The van der Waals surface area contributed by atoms with Gasteiger partial charge in [-0.15, -0.1) is 10.1 Å². The lowest BCUT2D eigenvalue weighted by Crippen LogP contribution is -2.42. The zero-order chi connectivity index (χ0) is 21.1. The minimum Gasteiger partial charge on any atom is -0.334 e. The monoisotopic (exact) mass is 398 g/mol. The number of rotatable bonds is 4. The number of benzene rings is 3. The minimum atomic E-state index is -0.721. The molecule has 30 heavy (non-hydrogen) atoms. The summed E-state index contributed by atoms with van der Waals surface area (Å²) in [6, 6.07) is 23.9. The summed E-state index contributed by atoms with van der Waals surface area (Å²) in [7, 11) is 0. The molecule has 5 heteroatoms. The molecule has 0 spiro atoms. The quantitative estimate of drug-likeness (QED) is 0.663. The van der Waals surface area contributed by atoms with E-state index in [0.717, 1.165) is 22.3 Å². The molecule has 5 nitrogen and oxygen atoms in total. The topological polar surface area (TPSA) is 61.2 Å². The fourth-order valence-corrected chi connectivity index (χ4v) is 3.64. The number of hydrazine groups is 1. The lowest BCUT2D eigenvalue weighted by Gasteiger charge is -2.15. The minimum absolute atomic E-state index is 0.242. The third-order valence-electron chi connectivity index (χ3n) is 5.35. The Kier molecular flexibility index (Phi) is 5.44. The van der Waals surface area contributed by atoms with Gasteiger partial charge in [-0.25, -0.2) is 0 Å². The van der Waals surface area contributed by atoms with Crippen LogP contribution in [0.3, 0.4) is 0 Å². The molecule has 0 unspecified atom stereocenters. The smallest absolute Gasteiger partial charge is 0.304 e. The third-order valence-corrected chi connectivity index (χ3v) is 5.35. The number of carbonyl (C=O) groups is 2. The second-order valence-electron chi connectivity index (χ2n) is 7.54. The van der Waals surface area contributed by atoms with Gasteiger partial charge in [0.2, 0.25) is 12.3 Å². The molecule has 150 valence electrons. The van der Waals surface area contributed by atoms with Crippen molar-refractivity contribution in [2.75, 3.05) is 0 Å². The summed E-state index contributed by atoms with van der Waals surface area (Å²) in [6.07, 6.45) is 1.92. The van der Waals surface area contributed by atoms with E-state index in [0.29, 0.717) is 5.56 Å². The molecule has 1 saturated heterocycles. The third kappa shape index (κ3) is 4.01. The van der Waals surface area contributed by atoms with E-state index in [4.69, 9.17) is 0 Å². The highest BCUT2D eigenvalue weighted by molar-refractivity contribution is 5.98.